The summed E-state index contributed by atoms with van der Waals surface area (Å²) in [5.41, 5.74) is 0. The molecule has 0 spiro atoms. The highest BCUT2D eigenvalue weighted by atomic mass is 32.2. The van der Waals surface area contributed by atoms with Crippen LogP contribution in [-0.2, 0) is 0 Å². The normalized spacial score (nSPS) is 17.5. The van der Waals surface area contributed by atoms with Crippen LogP contribution in [0.4, 0.5) is 0 Å². The lowest BCUT2D eigenvalue weighted by atomic mass is 10.0. The topological polar surface area (TPSA) is 12.0 Å². The standard InChI is InChI=1S/C15H31NS/c1-2-3-4-5-6-7-8-11-16-14-15-9-12-17-13-10-15/h15-16H,2-14H2,1H3. The fraction of sp³-hybridized carbons (Fsp3) is 1.00. The molecule has 1 heterocycles. The maximum atomic E-state index is 3.65. The summed E-state index contributed by atoms with van der Waals surface area (Å²) in [5, 5.41) is 3.65. The van der Waals surface area contributed by atoms with Gasteiger partial charge in [-0.05, 0) is 49.8 Å². The van der Waals surface area contributed by atoms with E-state index >= 15 is 0 Å². The molecule has 0 unspecified atom stereocenters. The molecule has 1 aliphatic heterocycles. The lowest BCUT2D eigenvalue weighted by Crippen LogP contribution is -2.26. The summed E-state index contributed by atoms with van der Waals surface area (Å²) < 4.78 is 0. The van der Waals surface area contributed by atoms with Crippen LogP contribution in [0.15, 0.2) is 0 Å². The first-order valence-corrected chi connectivity index (χ1v) is 8.87. The molecule has 0 radical (unpaired) electrons. The Morgan fingerprint density at radius 2 is 1.59 bits per heavy atom. The van der Waals surface area contributed by atoms with E-state index in [0.29, 0.717) is 0 Å². The van der Waals surface area contributed by atoms with Crippen LogP contribution in [0, 0.1) is 5.92 Å². The van der Waals surface area contributed by atoms with Crippen LogP contribution in [0.2, 0.25) is 0 Å². The third-order valence-electron chi connectivity index (χ3n) is 3.73. The number of unbranched alkanes of at least 4 members (excludes halogenated alkanes) is 6. The van der Waals surface area contributed by atoms with Crippen molar-refractivity contribution < 1.29 is 0 Å². The zero-order valence-electron chi connectivity index (χ0n) is 11.7. The van der Waals surface area contributed by atoms with E-state index in [9.17, 15) is 0 Å². The second kappa shape index (κ2) is 11.4. The van der Waals surface area contributed by atoms with Crippen LogP contribution in [-0.4, -0.2) is 24.6 Å². The highest BCUT2D eigenvalue weighted by Crippen LogP contribution is 2.21. The molecule has 1 rings (SSSR count). The Bertz CT molecular complexity index is 155. The van der Waals surface area contributed by atoms with Gasteiger partial charge in [-0.3, -0.25) is 0 Å². The molecule has 0 atom stereocenters. The Morgan fingerprint density at radius 1 is 0.941 bits per heavy atom. The van der Waals surface area contributed by atoms with Crippen LogP contribution < -0.4 is 5.32 Å². The molecular formula is C15H31NS. The summed E-state index contributed by atoms with van der Waals surface area (Å²) >= 11 is 2.13. The van der Waals surface area contributed by atoms with Crippen molar-refractivity contribution in [2.45, 2.75) is 64.7 Å². The van der Waals surface area contributed by atoms with Gasteiger partial charge in [0.05, 0.1) is 0 Å². The van der Waals surface area contributed by atoms with Gasteiger partial charge in [0.2, 0.25) is 0 Å². The van der Waals surface area contributed by atoms with Gasteiger partial charge in [0, 0.05) is 0 Å². The molecule has 0 aromatic rings. The Kier molecular flexibility index (Phi) is 10.3. The summed E-state index contributed by atoms with van der Waals surface area (Å²) in [5.74, 6) is 3.76. The minimum absolute atomic E-state index is 0.973. The molecule has 2 heteroatoms. The van der Waals surface area contributed by atoms with Gasteiger partial charge in [-0.1, -0.05) is 45.4 Å². The first-order chi connectivity index (χ1) is 8.43. The molecule has 0 aromatic carbocycles. The van der Waals surface area contributed by atoms with Gasteiger partial charge in [-0.15, -0.1) is 0 Å². The Morgan fingerprint density at radius 3 is 2.29 bits per heavy atom. The quantitative estimate of drug-likeness (QED) is 0.580. The van der Waals surface area contributed by atoms with E-state index in [2.05, 4.69) is 24.0 Å². The smallest absolute Gasteiger partial charge is 0.00199 e. The monoisotopic (exact) mass is 257 g/mol. The van der Waals surface area contributed by atoms with Gasteiger partial charge >= 0.3 is 0 Å². The van der Waals surface area contributed by atoms with Gasteiger partial charge < -0.3 is 5.32 Å². The second-order valence-corrected chi connectivity index (χ2v) is 6.61. The van der Waals surface area contributed by atoms with Crippen molar-refractivity contribution in [3.05, 3.63) is 0 Å². The Hall–Kier alpha value is 0.310. The van der Waals surface area contributed by atoms with E-state index in [4.69, 9.17) is 0 Å². The average Bonchev–Trinajstić information content (AvgIpc) is 2.38. The molecule has 0 bridgehead atoms. The van der Waals surface area contributed by atoms with Crippen molar-refractivity contribution in [2.75, 3.05) is 24.6 Å². The molecule has 1 N–H and O–H groups in total. The van der Waals surface area contributed by atoms with Crippen LogP contribution in [0.25, 0.3) is 0 Å². The van der Waals surface area contributed by atoms with E-state index < -0.39 is 0 Å². The zero-order chi connectivity index (χ0) is 12.2. The predicted octanol–water partition coefficient (Wildman–Crippen LogP) is 4.47. The minimum atomic E-state index is 0.973. The number of nitrogens with one attached hydrogen (secondary N) is 1. The second-order valence-electron chi connectivity index (χ2n) is 5.38. The summed E-state index contributed by atoms with van der Waals surface area (Å²) in [6.07, 6.45) is 12.8. The molecule has 0 amide bonds. The first kappa shape index (κ1) is 15.4. The number of rotatable bonds is 10. The molecule has 102 valence electrons. The predicted molar refractivity (Wildman–Crippen MR) is 80.9 cm³/mol. The van der Waals surface area contributed by atoms with Gasteiger partial charge in [0.15, 0.2) is 0 Å². The fourth-order valence-corrected chi connectivity index (χ4v) is 3.67. The number of hydrogen-bond acceptors (Lipinski definition) is 2. The molecular weight excluding hydrogens is 226 g/mol. The van der Waals surface area contributed by atoms with E-state index in [-0.39, 0.29) is 0 Å². The third-order valence-corrected chi connectivity index (χ3v) is 4.78. The average molecular weight is 257 g/mol. The Balaban J connectivity index is 1.75. The maximum absolute atomic E-state index is 3.65. The lowest BCUT2D eigenvalue weighted by molar-refractivity contribution is 0.441. The highest BCUT2D eigenvalue weighted by Gasteiger charge is 2.12. The van der Waals surface area contributed by atoms with Gasteiger partial charge in [0.25, 0.3) is 0 Å². The first-order valence-electron chi connectivity index (χ1n) is 7.72. The van der Waals surface area contributed by atoms with E-state index in [1.807, 2.05) is 0 Å². The minimum Gasteiger partial charge on any atom is -0.316 e. The number of thioether (sulfide) groups is 1. The molecule has 0 saturated carbocycles. The third kappa shape index (κ3) is 8.96. The van der Waals surface area contributed by atoms with Crippen molar-refractivity contribution in [1.82, 2.24) is 5.32 Å². The molecule has 1 nitrogen and oxygen atoms in total. The molecule has 17 heavy (non-hydrogen) atoms. The Labute approximate surface area is 113 Å². The summed E-state index contributed by atoms with van der Waals surface area (Å²) in [6.45, 7) is 4.81. The summed E-state index contributed by atoms with van der Waals surface area (Å²) in [6, 6.07) is 0. The maximum Gasteiger partial charge on any atom is -0.00199 e. The van der Waals surface area contributed by atoms with Crippen molar-refractivity contribution >= 4 is 11.8 Å². The van der Waals surface area contributed by atoms with Crippen molar-refractivity contribution in [1.29, 1.82) is 0 Å². The molecule has 0 aliphatic carbocycles. The zero-order valence-corrected chi connectivity index (χ0v) is 12.5. The van der Waals surface area contributed by atoms with Gasteiger partial charge in [0.1, 0.15) is 0 Å². The van der Waals surface area contributed by atoms with Crippen LogP contribution in [0.1, 0.15) is 64.7 Å². The van der Waals surface area contributed by atoms with Gasteiger partial charge in [-0.2, -0.15) is 11.8 Å². The number of hydrogen-bond donors (Lipinski definition) is 1. The summed E-state index contributed by atoms with van der Waals surface area (Å²) in [4.78, 5) is 0. The van der Waals surface area contributed by atoms with E-state index in [1.54, 1.807) is 0 Å². The largest absolute Gasteiger partial charge is 0.316 e. The lowest BCUT2D eigenvalue weighted by Gasteiger charge is -2.21. The van der Waals surface area contributed by atoms with Crippen LogP contribution >= 0.6 is 11.8 Å². The summed E-state index contributed by atoms with van der Waals surface area (Å²) in [7, 11) is 0. The molecule has 1 fully saturated rings. The molecule has 0 aromatic heterocycles. The van der Waals surface area contributed by atoms with E-state index in [1.165, 1.54) is 82.4 Å². The van der Waals surface area contributed by atoms with Crippen molar-refractivity contribution in [2.24, 2.45) is 5.92 Å². The molecule has 1 saturated heterocycles. The fourth-order valence-electron chi connectivity index (χ4n) is 2.46. The van der Waals surface area contributed by atoms with Crippen molar-refractivity contribution in [3.8, 4) is 0 Å². The SMILES string of the molecule is CCCCCCCCCNCC1CCSCC1. The van der Waals surface area contributed by atoms with Crippen LogP contribution in [0.3, 0.4) is 0 Å². The molecule has 1 aliphatic rings. The van der Waals surface area contributed by atoms with E-state index in [0.717, 1.165) is 5.92 Å². The van der Waals surface area contributed by atoms with Crippen molar-refractivity contribution in [3.63, 3.8) is 0 Å². The van der Waals surface area contributed by atoms with Crippen LogP contribution in [0.5, 0.6) is 0 Å². The highest BCUT2D eigenvalue weighted by molar-refractivity contribution is 7.99. The van der Waals surface area contributed by atoms with Gasteiger partial charge in [-0.25, -0.2) is 0 Å².